The molecule has 3 aromatic carbocycles. The number of nitrogens with zero attached hydrogens (tertiary/aromatic N) is 1. The van der Waals surface area contributed by atoms with Gasteiger partial charge in [-0.05, 0) is 75.8 Å². The zero-order valence-electron chi connectivity index (χ0n) is 18.5. The number of anilines is 3. The molecule has 5 rings (SSSR count). The van der Waals surface area contributed by atoms with E-state index in [0.29, 0.717) is 10.9 Å². The van der Waals surface area contributed by atoms with Gasteiger partial charge in [-0.1, -0.05) is 30.3 Å². The molecule has 0 amide bonds. The van der Waals surface area contributed by atoms with Crippen LogP contribution in [0.25, 0.3) is 0 Å². The molecule has 1 aliphatic carbocycles. The smallest absolute Gasteiger partial charge is 0.163 e. The molecular formula is C27H25BrFN3O. The summed E-state index contributed by atoms with van der Waals surface area (Å²) in [6.07, 6.45) is 1.18. The van der Waals surface area contributed by atoms with E-state index in [-0.39, 0.29) is 23.6 Å². The Bertz CT molecular complexity index is 1250. The number of para-hydroxylation sites is 2. The first-order chi connectivity index (χ1) is 15.9. The SMILES string of the molecule is CN(C)c1ccc(C2CC(=O)C3=C(C2)Nc2ccccc2NC3c2ccc(F)c(Br)c2)cc1. The Labute approximate surface area is 201 Å². The van der Waals surface area contributed by atoms with Crippen molar-refractivity contribution in [3.8, 4) is 0 Å². The summed E-state index contributed by atoms with van der Waals surface area (Å²) in [6.45, 7) is 0. The summed E-state index contributed by atoms with van der Waals surface area (Å²) in [4.78, 5) is 15.7. The molecule has 4 nitrogen and oxygen atoms in total. The summed E-state index contributed by atoms with van der Waals surface area (Å²) in [5, 5.41) is 7.09. The third-order valence-electron chi connectivity index (χ3n) is 6.47. The highest BCUT2D eigenvalue weighted by Gasteiger charge is 2.36. The molecule has 1 heterocycles. The lowest BCUT2D eigenvalue weighted by Gasteiger charge is -2.30. The second-order valence-electron chi connectivity index (χ2n) is 8.83. The van der Waals surface area contributed by atoms with E-state index in [1.807, 2.05) is 38.4 Å². The largest absolute Gasteiger partial charge is 0.378 e. The number of ketones is 1. The molecule has 2 unspecified atom stereocenters. The fourth-order valence-corrected chi connectivity index (χ4v) is 5.11. The first-order valence-electron chi connectivity index (χ1n) is 11.0. The number of halogens is 2. The molecule has 0 spiro atoms. The van der Waals surface area contributed by atoms with Crippen LogP contribution in [0.1, 0.15) is 35.9 Å². The van der Waals surface area contributed by atoms with Gasteiger partial charge >= 0.3 is 0 Å². The van der Waals surface area contributed by atoms with Crippen molar-refractivity contribution in [2.45, 2.75) is 24.8 Å². The van der Waals surface area contributed by atoms with Crippen molar-refractivity contribution in [3.05, 3.63) is 99.4 Å². The second kappa shape index (κ2) is 8.67. The molecule has 0 saturated carbocycles. The molecule has 33 heavy (non-hydrogen) atoms. The van der Waals surface area contributed by atoms with Gasteiger partial charge in [0, 0.05) is 37.5 Å². The summed E-state index contributed by atoms with van der Waals surface area (Å²) in [5.41, 5.74) is 6.64. The first kappa shape index (κ1) is 21.7. The number of nitrogens with one attached hydrogen (secondary N) is 2. The predicted octanol–water partition coefficient (Wildman–Crippen LogP) is 6.63. The Hall–Kier alpha value is -3.12. The van der Waals surface area contributed by atoms with Gasteiger partial charge in [0.25, 0.3) is 0 Å². The number of hydrogen-bond donors (Lipinski definition) is 2. The lowest BCUT2D eigenvalue weighted by Crippen LogP contribution is -2.27. The second-order valence-corrected chi connectivity index (χ2v) is 9.68. The van der Waals surface area contributed by atoms with Crippen LogP contribution in [0.4, 0.5) is 21.5 Å². The predicted molar refractivity (Wildman–Crippen MR) is 135 cm³/mol. The molecule has 1 aliphatic heterocycles. The van der Waals surface area contributed by atoms with E-state index in [4.69, 9.17) is 0 Å². The minimum Gasteiger partial charge on any atom is -0.378 e. The molecular weight excluding hydrogens is 481 g/mol. The summed E-state index contributed by atoms with van der Waals surface area (Å²) in [6, 6.07) is 21.0. The zero-order valence-corrected chi connectivity index (χ0v) is 20.1. The summed E-state index contributed by atoms with van der Waals surface area (Å²) < 4.78 is 14.3. The van der Waals surface area contributed by atoms with Crippen molar-refractivity contribution in [2.24, 2.45) is 0 Å². The lowest BCUT2D eigenvalue weighted by atomic mass is 9.78. The number of fused-ring (bicyclic) bond motifs is 1. The van der Waals surface area contributed by atoms with E-state index in [1.54, 1.807) is 12.1 Å². The molecule has 168 valence electrons. The standard InChI is InChI=1S/C27H25BrFN3O/c1-32(2)19-10-7-16(8-11-19)18-14-24-26(25(33)15-18)27(17-9-12-21(29)20(28)13-17)31-23-6-4-3-5-22(23)30-24/h3-13,18,27,30-31H,14-15H2,1-2H3. The average Bonchev–Trinajstić information content (AvgIpc) is 2.98. The Balaban J connectivity index is 1.57. The number of hydrogen-bond acceptors (Lipinski definition) is 4. The number of carbonyl (C=O) groups is 1. The molecule has 2 aliphatic rings. The zero-order chi connectivity index (χ0) is 23.1. The van der Waals surface area contributed by atoms with E-state index in [1.165, 1.54) is 6.07 Å². The van der Waals surface area contributed by atoms with Gasteiger partial charge in [-0.2, -0.15) is 0 Å². The van der Waals surface area contributed by atoms with E-state index < -0.39 is 0 Å². The fraction of sp³-hybridized carbons (Fsp3) is 0.222. The van der Waals surface area contributed by atoms with Crippen LogP contribution in [0.15, 0.2) is 82.5 Å². The molecule has 2 N–H and O–H groups in total. The molecule has 0 aromatic heterocycles. The Morgan fingerprint density at radius 2 is 1.64 bits per heavy atom. The molecule has 0 fully saturated rings. The minimum atomic E-state index is -0.363. The molecule has 0 saturated heterocycles. The monoisotopic (exact) mass is 505 g/mol. The Kier molecular flexibility index (Phi) is 5.71. The van der Waals surface area contributed by atoms with Crippen LogP contribution >= 0.6 is 15.9 Å². The maximum absolute atomic E-state index is 14.0. The first-order valence-corrected chi connectivity index (χ1v) is 11.8. The van der Waals surface area contributed by atoms with E-state index in [2.05, 4.69) is 55.7 Å². The molecule has 2 atom stereocenters. The van der Waals surface area contributed by atoms with Crippen molar-refractivity contribution < 1.29 is 9.18 Å². The number of Topliss-reactive ketones (excluding diaryl/α,β-unsaturated/α-hetero) is 1. The summed E-state index contributed by atoms with van der Waals surface area (Å²) in [5.74, 6) is -0.113. The highest BCUT2D eigenvalue weighted by atomic mass is 79.9. The van der Waals surface area contributed by atoms with E-state index in [9.17, 15) is 9.18 Å². The minimum absolute atomic E-state index is 0.103. The third-order valence-corrected chi connectivity index (χ3v) is 7.07. The van der Waals surface area contributed by atoms with Crippen molar-refractivity contribution in [1.29, 1.82) is 0 Å². The van der Waals surface area contributed by atoms with Crippen LogP contribution in [-0.2, 0) is 4.79 Å². The van der Waals surface area contributed by atoms with Crippen molar-refractivity contribution in [1.82, 2.24) is 0 Å². The van der Waals surface area contributed by atoms with Gasteiger partial charge in [0.2, 0.25) is 0 Å². The Morgan fingerprint density at radius 1 is 0.939 bits per heavy atom. The van der Waals surface area contributed by atoms with Crippen LogP contribution < -0.4 is 15.5 Å². The number of allylic oxidation sites excluding steroid dienone is 1. The normalized spacial score (nSPS) is 19.7. The molecule has 6 heteroatoms. The lowest BCUT2D eigenvalue weighted by molar-refractivity contribution is -0.116. The number of rotatable bonds is 3. The maximum atomic E-state index is 14.0. The quantitative estimate of drug-likeness (QED) is 0.419. The van der Waals surface area contributed by atoms with Gasteiger partial charge in [-0.15, -0.1) is 0 Å². The van der Waals surface area contributed by atoms with Gasteiger partial charge in [0.05, 0.1) is 21.9 Å². The molecule has 3 aromatic rings. The van der Waals surface area contributed by atoms with Gasteiger partial charge in [-0.3, -0.25) is 4.79 Å². The van der Waals surface area contributed by atoms with Crippen LogP contribution in [0, 0.1) is 5.82 Å². The average molecular weight is 506 g/mol. The van der Waals surface area contributed by atoms with Crippen LogP contribution in [0.3, 0.4) is 0 Å². The maximum Gasteiger partial charge on any atom is 0.163 e. The topological polar surface area (TPSA) is 44.4 Å². The van der Waals surface area contributed by atoms with E-state index >= 15 is 0 Å². The summed E-state index contributed by atoms with van der Waals surface area (Å²) >= 11 is 3.30. The molecule has 0 radical (unpaired) electrons. The number of benzene rings is 3. The van der Waals surface area contributed by atoms with E-state index in [0.717, 1.165) is 45.9 Å². The molecule has 0 bridgehead atoms. The van der Waals surface area contributed by atoms with Crippen LogP contribution in [0.5, 0.6) is 0 Å². The fourth-order valence-electron chi connectivity index (χ4n) is 4.71. The highest BCUT2D eigenvalue weighted by molar-refractivity contribution is 9.10. The van der Waals surface area contributed by atoms with Crippen LogP contribution in [-0.4, -0.2) is 19.9 Å². The van der Waals surface area contributed by atoms with Crippen molar-refractivity contribution in [3.63, 3.8) is 0 Å². The third kappa shape index (κ3) is 4.15. The Morgan fingerprint density at radius 3 is 2.33 bits per heavy atom. The van der Waals surface area contributed by atoms with Gasteiger partial charge in [-0.25, -0.2) is 4.39 Å². The van der Waals surface area contributed by atoms with Crippen LogP contribution in [0.2, 0.25) is 0 Å². The number of carbonyl (C=O) groups excluding carboxylic acids is 1. The highest BCUT2D eigenvalue weighted by Crippen LogP contribution is 2.44. The van der Waals surface area contributed by atoms with Gasteiger partial charge in [0.15, 0.2) is 5.78 Å². The summed E-state index contributed by atoms with van der Waals surface area (Å²) in [7, 11) is 4.04. The van der Waals surface area contributed by atoms with Crippen molar-refractivity contribution >= 4 is 38.8 Å². The van der Waals surface area contributed by atoms with Gasteiger partial charge in [0.1, 0.15) is 5.82 Å². The van der Waals surface area contributed by atoms with Gasteiger partial charge < -0.3 is 15.5 Å². The van der Waals surface area contributed by atoms with Crippen molar-refractivity contribution in [2.75, 3.05) is 29.6 Å².